The van der Waals surface area contributed by atoms with E-state index < -0.39 is 0 Å². The van der Waals surface area contributed by atoms with Crippen LogP contribution in [-0.4, -0.2) is 34.9 Å². The molecule has 3 N–H and O–H groups in total. The van der Waals surface area contributed by atoms with Gasteiger partial charge in [0, 0.05) is 19.3 Å². The van der Waals surface area contributed by atoms with Crippen molar-refractivity contribution in [3.63, 3.8) is 0 Å². The Kier molecular flexibility index (Phi) is 3.40. The maximum atomic E-state index is 11.5. The number of ether oxygens (including phenoxy) is 1. The third kappa shape index (κ3) is 2.96. The van der Waals surface area contributed by atoms with Crippen molar-refractivity contribution in [2.24, 2.45) is 0 Å². The van der Waals surface area contributed by atoms with Crippen LogP contribution in [-0.2, 0) is 16.1 Å². The molecule has 6 heteroatoms. The molecule has 1 aliphatic heterocycles. The molecule has 0 aliphatic carbocycles. The van der Waals surface area contributed by atoms with Crippen LogP contribution in [0.3, 0.4) is 0 Å². The fourth-order valence-corrected chi connectivity index (χ4v) is 1.70. The molecule has 1 aliphatic rings. The second-order valence-electron chi connectivity index (χ2n) is 3.88. The van der Waals surface area contributed by atoms with E-state index in [1.165, 1.54) is 4.68 Å². The van der Waals surface area contributed by atoms with Gasteiger partial charge in [-0.05, 0) is 18.9 Å². The predicted molar refractivity (Wildman–Crippen MR) is 58.6 cm³/mol. The highest BCUT2D eigenvalue weighted by Crippen LogP contribution is 2.10. The van der Waals surface area contributed by atoms with Crippen molar-refractivity contribution >= 4 is 11.7 Å². The fourth-order valence-electron chi connectivity index (χ4n) is 1.70. The minimum Gasteiger partial charge on any atom is -0.382 e. The molecular weight excluding hydrogens is 208 g/mol. The minimum absolute atomic E-state index is 0.0707. The van der Waals surface area contributed by atoms with Crippen LogP contribution in [0.4, 0.5) is 5.82 Å². The van der Waals surface area contributed by atoms with Crippen molar-refractivity contribution in [3.8, 4) is 0 Å². The molecule has 0 bridgehead atoms. The van der Waals surface area contributed by atoms with Gasteiger partial charge in [0.1, 0.15) is 12.4 Å². The van der Waals surface area contributed by atoms with Gasteiger partial charge < -0.3 is 15.8 Å². The number of carbonyl (C=O) groups excluding carboxylic acids is 1. The summed E-state index contributed by atoms with van der Waals surface area (Å²) >= 11 is 0. The Labute approximate surface area is 93.8 Å². The normalized spacial score (nSPS) is 19.9. The number of nitrogens with zero attached hydrogens (tertiary/aromatic N) is 2. The molecule has 88 valence electrons. The standard InChI is InChI=1S/C10H16N4O2/c11-9-3-4-14(13-9)7-10(15)12-6-8-2-1-5-16-8/h3-4,8H,1-2,5-7H2,(H2,11,13)(H,12,15). The molecule has 2 heterocycles. The SMILES string of the molecule is Nc1ccn(CC(=O)NCC2CCCO2)n1. The van der Waals surface area contributed by atoms with E-state index in [9.17, 15) is 4.79 Å². The third-order valence-corrected chi connectivity index (χ3v) is 2.52. The lowest BCUT2D eigenvalue weighted by Crippen LogP contribution is -2.34. The Bertz CT molecular complexity index is 357. The van der Waals surface area contributed by atoms with Crippen LogP contribution < -0.4 is 11.1 Å². The number of nitrogens with one attached hydrogen (secondary N) is 1. The lowest BCUT2D eigenvalue weighted by atomic mass is 10.2. The number of hydrogen-bond donors (Lipinski definition) is 2. The van der Waals surface area contributed by atoms with Gasteiger partial charge in [0.25, 0.3) is 0 Å². The monoisotopic (exact) mass is 224 g/mol. The topological polar surface area (TPSA) is 82.2 Å². The van der Waals surface area contributed by atoms with E-state index in [1.54, 1.807) is 12.3 Å². The summed E-state index contributed by atoms with van der Waals surface area (Å²) in [6, 6.07) is 1.66. The van der Waals surface area contributed by atoms with Crippen LogP contribution in [0.2, 0.25) is 0 Å². The fraction of sp³-hybridized carbons (Fsp3) is 0.600. The van der Waals surface area contributed by atoms with Crippen molar-refractivity contribution in [1.82, 2.24) is 15.1 Å². The van der Waals surface area contributed by atoms with E-state index in [4.69, 9.17) is 10.5 Å². The van der Waals surface area contributed by atoms with Crippen molar-refractivity contribution in [3.05, 3.63) is 12.3 Å². The number of carbonyl (C=O) groups is 1. The van der Waals surface area contributed by atoms with Crippen LogP contribution in [0.5, 0.6) is 0 Å². The lowest BCUT2D eigenvalue weighted by Gasteiger charge is -2.10. The molecule has 1 amide bonds. The Hall–Kier alpha value is -1.56. The summed E-state index contributed by atoms with van der Waals surface area (Å²) in [6.45, 7) is 1.58. The third-order valence-electron chi connectivity index (χ3n) is 2.52. The van der Waals surface area contributed by atoms with E-state index in [-0.39, 0.29) is 18.6 Å². The van der Waals surface area contributed by atoms with Crippen molar-refractivity contribution in [2.75, 3.05) is 18.9 Å². The molecule has 1 unspecified atom stereocenters. The zero-order valence-corrected chi connectivity index (χ0v) is 9.06. The second kappa shape index (κ2) is 4.98. The molecule has 1 atom stereocenters. The Morgan fingerprint density at radius 3 is 3.25 bits per heavy atom. The first-order valence-corrected chi connectivity index (χ1v) is 5.41. The van der Waals surface area contributed by atoms with E-state index >= 15 is 0 Å². The lowest BCUT2D eigenvalue weighted by molar-refractivity contribution is -0.122. The first-order chi connectivity index (χ1) is 7.74. The maximum absolute atomic E-state index is 11.5. The Morgan fingerprint density at radius 2 is 2.62 bits per heavy atom. The van der Waals surface area contributed by atoms with Crippen LogP contribution in [0, 0.1) is 0 Å². The number of rotatable bonds is 4. The molecule has 0 radical (unpaired) electrons. The maximum Gasteiger partial charge on any atom is 0.241 e. The number of hydrogen-bond acceptors (Lipinski definition) is 4. The summed E-state index contributed by atoms with van der Waals surface area (Å²) < 4.78 is 6.91. The van der Waals surface area contributed by atoms with Gasteiger partial charge in [-0.15, -0.1) is 0 Å². The molecule has 0 aromatic carbocycles. The summed E-state index contributed by atoms with van der Waals surface area (Å²) in [5.41, 5.74) is 5.44. The van der Waals surface area contributed by atoms with E-state index in [2.05, 4.69) is 10.4 Å². The van der Waals surface area contributed by atoms with Crippen LogP contribution >= 0.6 is 0 Å². The molecule has 0 saturated carbocycles. The summed E-state index contributed by atoms with van der Waals surface area (Å²) in [5.74, 6) is 0.352. The largest absolute Gasteiger partial charge is 0.382 e. The van der Waals surface area contributed by atoms with Gasteiger partial charge in [0.2, 0.25) is 5.91 Å². The summed E-state index contributed by atoms with van der Waals surface area (Å²) in [5, 5.41) is 6.75. The molecule has 16 heavy (non-hydrogen) atoms. The summed E-state index contributed by atoms with van der Waals surface area (Å²) in [6.07, 6.45) is 3.96. The summed E-state index contributed by atoms with van der Waals surface area (Å²) in [4.78, 5) is 11.5. The first-order valence-electron chi connectivity index (χ1n) is 5.41. The van der Waals surface area contributed by atoms with Gasteiger partial charge >= 0.3 is 0 Å². The number of anilines is 1. The minimum atomic E-state index is -0.0707. The zero-order valence-electron chi connectivity index (χ0n) is 9.06. The number of aromatic nitrogens is 2. The average Bonchev–Trinajstić information content (AvgIpc) is 2.87. The Morgan fingerprint density at radius 1 is 1.75 bits per heavy atom. The smallest absolute Gasteiger partial charge is 0.241 e. The highest BCUT2D eigenvalue weighted by molar-refractivity contribution is 5.75. The second-order valence-corrected chi connectivity index (χ2v) is 3.88. The van der Waals surface area contributed by atoms with Gasteiger partial charge in [0.05, 0.1) is 6.10 Å². The van der Waals surface area contributed by atoms with Crippen molar-refractivity contribution in [2.45, 2.75) is 25.5 Å². The number of amides is 1. The van der Waals surface area contributed by atoms with Gasteiger partial charge in [-0.1, -0.05) is 0 Å². The molecule has 1 fully saturated rings. The van der Waals surface area contributed by atoms with Crippen molar-refractivity contribution < 1.29 is 9.53 Å². The van der Waals surface area contributed by atoms with Crippen LogP contribution in [0.25, 0.3) is 0 Å². The quantitative estimate of drug-likeness (QED) is 0.739. The van der Waals surface area contributed by atoms with Gasteiger partial charge in [0.15, 0.2) is 0 Å². The van der Waals surface area contributed by atoms with Crippen LogP contribution in [0.1, 0.15) is 12.8 Å². The molecule has 1 aromatic heterocycles. The van der Waals surface area contributed by atoms with E-state index in [0.29, 0.717) is 12.4 Å². The van der Waals surface area contributed by atoms with Crippen LogP contribution in [0.15, 0.2) is 12.3 Å². The predicted octanol–water partition coefficient (Wildman–Crippen LogP) is -0.240. The molecular formula is C10H16N4O2. The number of nitrogens with two attached hydrogens (primary N) is 1. The number of nitrogen functional groups attached to an aromatic ring is 1. The molecule has 2 rings (SSSR count). The average molecular weight is 224 g/mol. The van der Waals surface area contributed by atoms with Crippen molar-refractivity contribution in [1.29, 1.82) is 0 Å². The summed E-state index contributed by atoms with van der Waals surface area (Å²) in [7, 11) is 0. The van der Waals surface area contributed by atoms with Gasteiger partial charge in [-0.25, -0.2) is 0 Å². The highest BCUT2D eigenvalue weighted by atomic mass is 16.5. The molecule has 0 spiro atoms. The molecule has 1 aromatic rings. The zero-order chi connectivity index (χ0) is 11.4. The van der Waals surface area contributed by atoms with Gasteiger partial charge in [-0.3, -0.25) is 9.48 Å². The van der Waals surface area contributed by atoms with Gasteiger partial charge in [-0.2, -0.15) is 5.10 Å². The highest BCUT2D eigenvalue weighted by Gasteiger charge is 2.16. The first kappa shape index (κ1) is 10.9. The van der Waals surface area contributed by atoms with E-state index in [1.807, 2.05) is 0 Å². The Balaban J connectivity index is 1.71. The molecule has 6 nitrogen and oxygen atoms in total. The van der Waals surface area contributed by atoms with E-state index in [0.717, 1.165) is 19.4 Å². The molecule has 1 saturated heterocycles.